The van der Waals surface area contributed by atoms with Crippen LogP contribution in [0.2, 0.25) is 5.15 Å². The van der Waals surface area contributed by atoms with E-state index in [4.69, 9.17) is 11.6 Å². The second-order valence-electron chi connectivity index (χ2n) is 2.63. The maximum Gasteiger partial charge on any atom is 0.153 e. The lowest BCUT2D eigenvalue weighted by Gasteiger charge is -2.01. The summed E-state index contributed by atoms with van der Waals surface area (Å²) in [4.78, 5) is 3.90. The first kappa shape index (κ1) is 10.9. The maximum absolute atomic E-state index is 11.0. The number of nitrogens with zero attached hydrogens (tertiary/aromatic N) is 1. The van der Waals surface area contributed by atoms with Crippen molar-refractivity contribution in [3.63, 3.8) is 0 Å². The number of rotatable bonds is 2. The van der Waals surface area contributed by atoms with E-state index < -0.39 is 9.84 Å². The Morgan fingerprint density at radius 1 is 1.54 bits per heavy atom. The van der Waals surface area contributed by atoms with Crippen molar-refractivity contribution in [3.8, 4) is 0 Å². The Bertz CT molecular complexity index is 419. The highest BCUT2D eigenvalue weighted by Crippen LogP contribution is 2.19. The van der Waals surface area contributed by atoms with Gasteiger partial charge in [0, 0.05) is 10.7 Å². The van der Waals surface area contributed by atoms with E-state index in [0.29, 0.717) is 15.3 Å². The van der Waals surface area contributed by atoms with E-state index in [1.54, 1.807) is 12.1 Å². The van der Waals surface area contributed by atoms with Gasteiger partial charge in [0.2, 0.25) is 0 Å². The van der Waals surface area contributed by atoms with Crippen LogP contribution in [-0.4, -0.2) is 19.7 Å². The molecule has 0 saturated heterocycles. The van der Waals surface area contributed by atoms with Crippen LogP contribution >= 0.6 is 27.5 Å². The lowest BCUT2D eigenvalue weighted by Crippen LogP contribution is -2.03. The van der Waals surface area contributed by atoms with Crippen LogP contribution in [0.25, 0.3) is 0 Å². The standard InChI is InChI=1S/C7H7BrClNO2S/c1-13(11,12)4-6-5(8)2-3-7(9)10-6/h2-3H,4H2,1H3. The van der Waals surface area contributed by atoms with Gasteiger partial charge in [-0.25, -0.2) is 13.4 Å². The Labute approximate surface area is 90.2 Å². The third-order valence-electron chi connectivity index (χ3n) is 1.28. The molecule has 0 atom stereocenters. The number of aromatic nitrogens is 1. The topological polar surface area (TPSA) is 47.0 Å². The van der Waals surface area contributed by atoms with Crippen molar-refractivity contribution in [3.05, 3.63) is 27.5 Å². The molecule has 0 unspecified atom stereocenters. The molecule has 0 aliphatic carbocycles. The predicted molar refractivity (Wildman–Crippen MR) is 55.5 cm³/mol. The molecule has 3 nitrogen and oxygen atoms in total. The van der Waals surface area contributed by atoms with Gasteiger partial charge in [-0.2, -0.15) is 0 Å². The molecular formula is C7H7BrClNO2S. The van der Waals surface area contributed by atoms with Crippen LogP contribution in [0.4, 0.5) is 0 Å². The third kappa shape index (κ3) is 3.62. The smallest absolute Gasteiger partial charge is 0.153 e. The van der Waals surface area contributed by atoms with E-state index in [1.165, 1.54) is 0 Å². The van der Waals surface area contributed by atoms with Crippen molar-refractivity contribution in [2.24, 2.45) is 0 Å². The first-order valence-corrected chi connectivity index (χ1v) is 6.60. The molecule has 1 heterocycles. The van der Waals surface area contributed by atoms with Gasteiger partial charge in [0.25, 0.3) is 0 Å². The van der Waals surface area contributed by atoms with Gasteiger partial charge < -0.3 is 0 Å². The maximum atomic E-state index is 11.0. The molecule has 0 radical (unpaired) electrons. The molecule has 0 bridgehead atoms. The third-order valence-corrected chi connectivity index (χ3v) is 3.01. The molecule has 0 fully saturated rings. The Balaban J connectivity index is 3.08. The molecule has 0 N–H and O–H groups in total. The highest BCUT2D eigenvalue weighted by Gasteiger charge is 2.09. The molecule has 0 spiro atoms. The quantitative estimate of drug-likeness (QED) is 0.781. The van der Waals surface area contributed by atoms with E-state index in [1.807, 2.05) is 0 Å². The lowest BCUT2D eigenvalue weighted by atomic mass is 10.4. The summed E-state index contributed by atoms with van der Waals surface area (Å²) in [6.45, 7) is 0. The number of hydrogen-bond acceptors (Lipinski definition) is 3. The molecule has 0 aliphatic heterocycles. The van der Waals surface area contributed by atoms with Crippen LogP contribution in [0.15, 0.2) is 16.6 Å². The zero-order valence-electron chi connectivity index (χ0n) is 6.79. The summed E-state index contributed by atoms with van der Waals surface area (Å²) in [6.07, 6.45) is 1.15. The minimum Gasteiger partial charge on any atom is -0.239 e. The molecule has 1 aromatic rings. The molecule has 0 aromatic carbocycles. The van der Waals surface area contributed by atoms with Gasteiger partial charge in [-0.1, -0.05) is 11.6 Å². The minimum absolute atomic E-state index is 0.103. The number of halogens is 2. The summed E-state index contributed by atoms with van der Waals surface area (Å²) < 4.78 is 22.6. The molecule has 72 valence electrons. The van der Waals surface area contributed by atoms with Crippen molar-refractivity contribution >= 4 is 37.4 Å². The molecule has 6 heteroatoms. The zero-order valence-corrected chi connectivity index (χ0v) is 9.95. The number of hydrogen-bond donors (Lipinski definition) is 0. The Morgan fingerprint density at radius 2 is 2.15 bits per heavy atom. The molecule has 1 aromatic heterocycles. The summed E-state index contributed by atoms with van der Waals surface area (Å²) in [5.74, 6) is -0.103. The van der Waals surface area contributed by atoms with E-state index in [2.05, 4.69) is 20.9 Å². The van der Waals surface area contributed by atoms with Crippen molar-refractivity contribution in [1.29, 1.82) is 0 Å². The monoisotopic (exact) mass is 283 g/mol. The van der Waals surface area contributed by atoms with E-state index in [9.17, 15) is 8.42 Å². The average Bonchev–Trinajstić information content (AvgIpc) is 1.94. The summed E-state index contributed by atoms with van der Waals surface area (Å²) >= 11 is 8.82. The highest BCUT2D eigenvalue weighted by molar-refractivity contribution is 9.10. The fraction of sp³-hybridized carbons (Fsp3) is 0.286. The average molecular weight is 285 g/mol. The highest BCUT2D eigenvalue weighted by atomic mass is 79.9. The normalized spacial score (nSPS) is 11.6. The van der Waals surface area contributed by atoms with Crippen molar-refractivity contribution in [2.75, 3.05) is 6.26 Å². The Morgan fingerprint density at radius 3 is 2.69 bits per heavy atom. The van der Waals surface area contributed by atoms with Gasteiger partial charge >= 0.3 is 0 Å². The van der Waals surface area contributed by atoms with Gasteiger partial charge in [0.05, 0.1) is 11.4 Å². The number of sulfone groups is 1. The van der Waals surface area contributed by atoms with Crippen LogP contribution < -0.4 is 0 Å². The SMILES string of the molecule is CS(=O)(=O)Cc1nc(Cl)ccc1Br. The molecule has 1 rings (SSSR count). The minimum atomic E-state index is -3.07. The first-order chi connectivity index (χ1) is 5.88. The van der Waals surface area contributed by atoms with E-state index in [-0.39, 0.29) is 5.75 Å². The summed E-state index contributed by atoms with van der Waals surface area (Å²) in [6, 6.07) is 3.27. The van der Waals surface area contributed by atoms with Crippen LogP contribution in [0.1, 0.15) is 5.69 Å². The van der Waals surface area contributed by atoms with Gasteiger partial charge in [0.1, 0.15) is 5.15 Å². The lowest BCUT2D eigenvalue weighted by molar-refractivity contribution is 0.600. The second-order valence-corrected chi connectivity index (χ2v) is 6.01. The summed E-state index contributed by atoms with van der Waals surface area (Å²) in [7, 11) is -3.07. The first-order valence-electron chi connectivity index (χ1n) is 3.37. The number of pyridine rings is 1. The molecule has 13 heavy (non-hydrogen) atoms. The summed E-state index contributed by atoms with van der Waals surface area (Å²) in [5, 5.41) is 0.293. The molecule has 0 saturated carbocycles. The Kier molecular flexibility index (Phi) is 3.32. The molecule has 0 aliphatic rings. The summed E-state index contributed by atoms with van der Waals surface area (Å²) in [5.41, 5.74) is 0.440. The van der Waals surface area contributed by atoms with Crippen LogP contribution in [0, 0.1) is 0 Å². The van der Waals surface area contributed by atoms with Gasteiger partial charge in [-0.3, -0.25) is 0 Å². The van der Waals surface area contributed by atoms with Crippen molar-refractivity contribution in [1.82, 2.24) is 4.98 Å². The van der Waals surface area contributed by atoms with Gasteiger partial charge in [-0.15, -0.1) is 0 Å². The van der Waals surface area contributed by atoms with Crippen LogP contribution in [0.3, 0.4) is 0 Å². The fourth-order valence-electron chi connectivity index (χ4n) is 0.807. The van der Waals surface area contributed by atoms with Gasteiger partial charge in [-0.05, 0) is 28.1 Å². The van der Waals surface area contributed by atoms with Crippen molar-refractivity contribution < 1.29 is 8.42 Å². The second kappa shape index (κ2) is 3.94. The van der Waals surface area contributed by atoms with Gasteiger partial charge in [0.15, 0.2) is 9.84 Å². The largest absolute Gasteiger partial charge is 0.239 e. The predicted octanol–water partition coefficient (Wildman–Crippen LogP) is 2.04. The van der Waals surface area contributed by atoms with E-state index >= 15 is 0 Å². The van der Waals surface area contributed by atoms with Crippen LogP contribution in [0.5, 0.6) is 0 Å². The van der Waals surface area contributed by atoms with E-state index in [0.717, 1.165) is 6.26 Å². The van der Waals surface area contributed by atoms with Crippen LogP contribution in [-0.2, 0) is 15.6 Å². The molecule has 0 amide bonds. The fourth-order valence-corrected chi connectivity index (χ4v) is 2.24. The molecular weight excluding hydrogens is 278 g/mol. The van der Waals surface area contributed by atoms with Crippen molar-refractivity contribution in [2.45, 2.75) is 5.75 Å². The Hall–Kier alpha value is -0.130. The zero-order chi connectivity index (χ0) is 10.1.